The average Bonchev–Trinajstić information content (AvgIpc) is 2.56. The number of aromatic nitrogens is 2. The normalized spacial score (nSPS) is 12.7. The fourth-order valence-corrected chi connectivity index (χ4v) is 2.78. The van der Waals surface area contributed by atoms with Crippen molar-refractivity contribution < 1.29 is 5.11 Å². The SMILES string of the molecule is Cc1cccc(C)c1C(O)Cc1c(Cl)c(C)nn1C. The van der Waals surface area contributed by atoms with Gasteiger partial charge < -0.3 is 5.11 Å². The molecule has 1 N–H and O–H groups in total. The van der Waals surface area contributed by atoms with Crippen molar-refractivity contribution >= 4 is 11.6 Å². The highest BCUT2D eigenvalue weighted by atomic mass is 35.5. The van der Waals surface area contributed by atoms with Gasteiger partial charge in [-0.1, -0.05) is 29.8 Å². The van der Waals surface area contributed by atoms with Gasteiger partial charge >= 0.3 is 0 Å². The van der Waals surface area contributed by atoms with Crippen LogP contribution in [0.15, 0.2) is 18.2 Å². The predicted molar refractivity (Wildman–Crippen MR) is 77.5 cm³/mol. The molecule has 0 bridgehead atoms. The Balaban J connectivity index is 2.33. The van der Waals surface area contributed by atoms with Gasteiger partial charge in [0.25, 0.3) is 0 Å². The number of aliphatic hydroxyl groups is 1. The Hall–Kier alpha value is -1.32. The number of benzene rings is 1. The third-order valence-corrected chi connectivity index (χ3v) is 4.02. The zero-order valence-corrected chi connectivity index (χ0v) is 12.5. The Kier molecular flexibility index (Phi) is 3.97. The summed E-state index contributed by atoms with van der Waals surface area (Å²) in [5.41, 5.74) is 4.85. The van der Waals surface area contributed by atoms with Crippen LogP contribution in [0.2, 0.25) is 5.02 Å². The highest BCUT2D eigenvalue weighted by Gasteiger charge is 2.19. The van der Waals surface area contributed by atoms with Gasteiger partial charge in [0.05, 0.1) is 22.5 Å². The van der Waals surface area contributed by atoms with Crippen molar-refractivity contribution in [2.45, 2.75) is 33.3 Å². The molecular formula is C15H19ClN2O. The summed E-state index contributed by atoms with van der Waals surface area (Å²) >= 11 is 6.23. The lowest BCUT2D eigenvalue weighted by Crippen LogP contribution is -2.09. The van der Waals surface area contributed by atoms with Gasteiger partial charge in [0.15, 0.2) is 0 Å². The van der Waals surface area contributed by atoms with Crippen LogP contribution in [0.1, 0.15) is 34.2 Å². The number of nitrogens with zero attached hydrogens (tertiary/aromatic N) is 2. The van der Waals surface area contributed by atoms with Crippen LogP contribution >= 0.6 is 11.6 Å². The molecule has 0 fully saturated rings. The molecular weight excluding hydrogens is 260 g/mol. The van der Waals surface area contributed by atoms with Crippen LogP contribution in [0.5, 0.6) is 0 Å². The molecule has 0 saturated carbocycles. The zero-order chi connectivity index (χ0) is 14.2. The second kappa shape index (κ2) is 5.35. The molecule has 0 aliphatic carbocycles. The van der Waals surface area contributed by atoms with Crippen LogP contribution in [0, 0.1) is 20.8 Å². The Labute approximate surface area is 118 Å². The standard InChI is InChI=1S/C15H19ClN2O/c1-9-6-5-7-10(2)14(9)13(19)8-12-15(16)11(3)17-18(12)4/h5-7,13,19H,8H2,1-4H3. The number of hydrogen-bond donors (Lipinski definition) is 1. The third kappa shape index (κ3) is 2.67. The number of aliphatic hydroxyl groups excluding tert-OH is 1. The van der Waals surface area contributed by atoms with Crippen molar-refractivity contribution in [2.75, 3.05) is 0 Å². The van der Waals surface area contributed by atoms with Crippen molar-refractivity contribution in [3.05, 3.63) is 51.3 Å². The van der Waals surface area contributed by atoms with Gasteiger partial charge in [0, 0.05) is 13.5 Å². The molecule has 19 heavy (non-hydrogen) atoms. The van der Waals surface area contributed by atoms with Crippen LogP contribution in [0.3, 0.4) is 0 Å². The van der Waals surface area contributed by atoms with Crippen molar-refractivity contribution in [3.8, 4) is 0 Å². The number of hydrogen-bond acceptors (Lipinski definition) is 2. The van der Waals surface area contributed by atoms with E-state index in [9.17, 15) is 5.11 Å². The molecule has 3 nitrogen and oxygen atoms in total. The summed E-state index contributed by atoms with van der Waals surface area (Å²) in [4.78, 5) is 0. The van der Waals surface area contributed by atoms with Gasteiger partial charge in [0.1, 0.15) is 0 Å². The van der Waals surface area contributed by atoms with E-state index in [1.54, 1.807) is 4.68 Å². The van der Waals surface area contributed by atoms with E-state index in [-0.39, 0.29) is 0 Å². The molecule has 1 atom stereocenters. The van der Waals surface area contributed by atoms with Gasteiger partial charge in [-0.05, 0) is 37.5 Å². The van der Waals surface area contributed by atoms with E-state index in [1.165, 1.54) is 0 Å². The molecule has 1 aromatic carbocycles. The summed E-state index contributed by atoms with van der Waals surface area (Å²) < 4.78 is 1.74. The van der Waals surface area contributed by atoms with Crippen LogP contribution in [-0.4, -0.2) is 14.9 Å². The number of aryl methyl sites for hydroxylation is 4. The summed E-state index contributed by atoms with van der Waals surface area (Å²) in [5, 5.41) is 15.4. The average molecular weight is 279 g/mol. The topological polar surface area (TPSA) is 38.1 Å². The third-order valence-electron chi connectivity index (χ3n) is 3.52. The lowest BCUT2D eigenvalue weighted by molar-refractivity contribution is 0.174. The first-order valence-corrected chi connectivity index (χ1v) is 6.71. The van der Waals surface area contributed by atoms with Gasteiger partial charge in [-0.15, -0.1) is 0 Å². The second-order valence-electron chi connectivity index (χ2n) is 5.00. The second-order valence-corrected chi connectivity index (χ2v) is 5.37. The number of rotatable bonds is 3. The van der Waals surface area contributed by atoms with Crippen LogP contribution in [0.25, 0.3) is 0 Å². The minimum Gasteiger partial charge on any atom is -0.388 e. The fourth-order valence-electron chi connectivity index (χ4n) is 2.54. The summed E-state index contributed by atoms with van der Waals surface area (Å²) in [5.74, 6) is 0. The minimum atomic E-state index is -0.562. The van der Waals surface area contributed by atoms with Crippen molar-refractivity contribution in [3.63, 3.8) is 0 Å². The van der Waals surface area contributed by atoms with E-state index >= 15 is 0 Å². The van der Waals surface area contributed by atoms with Crippen LogP contribution < -0.4 is 0 Å². The van der Waals surface area contributed by atoms with E-state index in [4.69, 9.17) is 11.6 Å². The molecule has 0 radical (unpaired) electrons. The summed E-state index contributed by atoms with van der Waals surface area (Å²) in [6.45, 7) is 5.90. The van der Waals surface area contributed by atoms with Crippen molar-refractivity contribution in [1.29, 1.82) is 0 Å². The van der Waals surface area contributed by atoms with E-state index in [2.05, 4.69) is 5.10 Å². The zero-order valence-electron chi connectivity index (χ0n) is 11.7. The van der Waals surface area contributed by atoms with E-state index < -0.39 is 6.10 Å². The lowest BCUT2D eigenvalue weighted by Gasteiger charge is -2.16. The van der Waals surface area contributed by atoms with Gasteiger partial charge in [-0.25, -0.2) is 0 Å². The molecule has 1 unspecified atom stereocenters. The predicted octanol–water partition coefficient (Wildman–Crippen LogP) is 3.27. The fraction of sp³-hybridized carbons (Fsp3) is 0.400. The molecule has 0 saturated heterocycles. The molecule has 0 amide bonds. The maximum Gasteiger partial charge on any atom is 0.0850 e. The van der Waals surface area contributed by atoms with Crippen molar-refractivity contribution in [1.82, 2.24) is 9.78 Å². The molecule has 4 heteroatoms. The molecule has 1 heterocycles. The Bertz CT molecular complexity index is 584. The maximum absolute atomic E-state index is 10.5. The first-order chi connectivity index (χ1) is 8.91. The molecule has 0 aliphatic rings. The quantitative estimate of drug-likeness (QED) is 0.936. The Morgan fingerprint density at radius 3 is 2.32 bits per heavy atom. The van der Waals surface area contributed by atoms with Crippen molar-refractivity contribution in [2.24, 2.45) is 7.05 Å². The number of halogens is 1. The van der Waals surface area contributed by atoms with Gasteiger partial charge in [-0.3, -0.25) is 4.68 Å². The Morgan fingerprint density at radius 1 is 1.26 bits per heavy atom. The van der Waals surface area contributed by atoms with E-state index in [1.807, 2.05) is 46.0 Å². The summed E-state index contributed by atoms with van der Waals surface area (Å²) in [6.07, 6.45) is -0.0875. The molecule has 1 aromatic heterocycles. The smallest absolute Gasteiger partial charge is 0.0850 e. The molecule has 2 rings (SSSR count). The van der Waals surface area contributed by atoms with Crippen LogP contribution in [0.4, 0.5) is 0 Å². The highest BCUT2D eigenvalue weighted by molar-refractivity contribution is 6.31. The monoisotopic (exact) mass is 278 g/mol. The van der Waals surface area contributed by atoms with E-state index in [0.717, 1.165) is 28.1 Å². The first-order valence-electron chi connectivity index (χ1n) is 6.34. The highest BCUT2D eigenvalue weighted by Crippen LogP contribution is 2.28. The maximum atomic E-state index is 10.5. The molecule has 2 aromatic rings. The molecule has 102 valence electrons. The largest absolute Gasteiger partial charge is 0.388 e. The summed E-state index contributed by atoms with van der Waals surface area (Å²) in [7, 11) is 1.85. The lowest BCUT2D eigenvalue weighted by atomic mass is 9.95. The van der Waals surface area contributed by atoms with Crippen LogP contribution in [-0.2, 0) is 13.5 Å². The molecule has 0 aliphatic heterocycles. The Morgan fingerprint density at radius 2 is 1.84 bits per heavy atom. The van der Waals surface area contributed by atoms with E-state index in [0.29, 0.717) is 11.4 Å². The summed E-state index contributed by atoms with van der Waals surface area (Å²) in [6, 6.07) is 6.03. The first kappa shape index (κ1) is 14.1. The van der Waals surface area contributed by atoms with Gasteiger partial charge in [0.2, 0.25) is 0 Å². The molecule has 0 spiro atoms. The van der Waals surface area contributed by atoms with Gasteiger partial charge in [-0.2, -0.15) is 5.10 Å². The minimum absolute atomic E-state index is 0.474.